The van der Waals surface area contributed by atoms with Crippen molar-refractivity contribution in [3.8, 4) is 16.9 Å². The molecule has 2 aliphatic rings. The van der Waals surface area contributed by atoms with Gasteiger partial charge in [-0.1, -0.05) is 47.7 Å². The standard InChI is InChI=1S/C32H29ClFN3O5S2/c33-25-18-22(5-9-26(25)34)21-6-10-27(42-16-15-36-12-1-2-13-36)23(17-21)19-28-30(39)37(32(43)44-28)14-11-29(38)35-24-7-3-20(4-8-24)31(40)41/h3-10,17-19H,1-2,11-16H2,(H,35,38)(H,40,41). The Morgan fingerprint density at radius 2 is 1.75 bits per heavy atom. The lowest BCUT2D eigenvalue weighted by Crippen LogP contribution is -2.31. The van der Waals surface area contributed by atoms with Gasteiger partial charge in [0.05, 0.1) is 15.5 Å². The van der Waals surface area contributed by atoms with Crippen molar-refractivity contribution in [2.24, 2.45) is 0 Å². The highest BCUT2D eigenvalue weighted by atomic mass is 35.5. The number of thiocarbonyl (C=S) groups is 1. The third kappa shape index (κ3) is 7.84. The second-order valence-electron chi connectivity index (χ2n) is 10.3. The summed E-state index contributed by atoms with van der Waals surface area (Å²) in [5.41, 5.74) is 2.70. The van der Waals surface area contributed by atoms with Gasteiger partial charge < -0.3 is 15.2 Å². The van der Waals surface area contributed by atoms with Crippen LogP contribution in [-0.4, -0.2) is 69.8 Å². The molecule has 3 aromatic carbocycles. The fourth-order valence-corrected chi connectivity index (χ4v) is 6.39. The molecule has 8 nitrogen and oxygen atoms in total. The van der Waals surface area contributed by atoms with E-state index in [1.54, 1.807) is 18.2 Å². The van der Waals surface area contributed by atoms with E-state index < -0.39 is 11.8 Å². The summed E-state index contributed by atoms with van der Waals surface area (Å²) in [5.74, 6) is -1.63. The molecular weight excluding hydrogens is 625 g/mol. The molecule has 2 heterocycles. The maximum Gasteiger partial charge on any atom is 0.335 e. The van der Waals surface area contributed by atoms with Crippen LogP contribution in [0.25, 0.3) is 17.2 Å². The summed E-state index contributed by atoms with van der Waals surface area (Å²) in [6.45, 7) is 3.46. The number of likely N-dealkylation sites (tertiary alicyclic amines) is 1. The summed E-state index contributed by atoms with van der Waals surface area (Å²) < 4.78 is 20.3. The Morgan fingerprint density at radius 3 is 2.45 bits per heavy atom. The highest BCUT2D eigenvalue weighted by molar-refractivity contribution is 8.26. The lowest BCUT2D eigenvalue weighted by Gasteiger charge is -2.17. The van der Waals surface area contributed by atoms with Crippen LogP contribution < -0.4 is 10.1 Å². The second kappa shape index (κ2) is 14.3. The largest absolute Gasteiger partial charge is 0.492 e. The summed E-state index contributed by atoms with van der Waals surface area (Å²) in [5, 5.41) is 11.7. The lowest BCUT2D eigenvalue weighted by atomic mass is 10.0. The van der Waals surface area contributed by atoms with Gasteiger partial charge in [0.2, 0.25) is 5.91 Å². The number of hydrogen-bond acceptors (Lipinski definition) is 7. The average Bonchev–Trinajstić information content (AvgIpc) is 3.61. The minimum atomic E-state index is -1.06. The Hall–Kier alpha value is -3.77. The number of amides is 2. The first-order valence-electron chi connectivity index (χ1n) is 14.0. The van der Waals surface area contributed by atoms with Crippen molar-refractivity contribution in [3.63, 3.8) is 0 Å². The van der Waals surface area contributed by atoms with Crippen molar-refractivity contribution in [3.05, 3.63) is 87.5 Å². The van der Waals surface area contributed by atoms with Gasteiger partial charge in [0.1, 0.15) is 22.5 Å². The molecule has 12 heteroatoms. The topological polar surface area (TPSA) is 99.2 Å². The zero-order valence-corrected chi connectivity index (χ0v) is 25.9. The van der Waals surface area contributed by atoms with E-state index in [2.05, 4.69) is 10.2 Å². The number of aromatic carboxylic acids is 1. The van der Waals surface area contributed by atoms with Crippen molar-refractivity contribution >= 4 is 69.4 Å². The number of halogens is 2. The van der Waals surface area contributed by atoms with E-state index in [-0.39, 0.29) is 35.4 Å². The quantitative estimate of drug-likeness (QED) is 0.178. The van der Waals surface area contributed by atoms with Crippen molar-refractivity contribution in [2.45, 2.75) is 19.3 Å². The van der Waals surface area contributed by atoms with Crippen LogP contribution in [0.15, 0.2) is 65.6 Å². The molecule has 2 fully saturated rings. The molecule has 44 heavy (non-hydrogen) atoms. The molecule has 0 bridgehead atoms. The second-order valence-corrected chi connectivity index (χ2v) is 12.4. The average molecular weight is 654 g/mol. The van der Waals surface area contributed by atoms with E-state index in [4.69, 9.17) is 33.7 Å². The van der Waals surface area contributed by atoms with Gasteiger partial charge in [-0.15, -0.1) is 0 Å². The summed E-state index contributed by atoms with van der Waals surface area (Å²) in [7, 11) is 0. The van der Waals surface area contributed by atoms with E-state index in [0.717, 1.165) is 37.0 Å². The molecule has 228 valence electrons. The van der Waals surface area contributed by atoms with E-state index in [1.165, 1.54) is 48.1 Å². The monoisotopic (exact) mass is 653 g/mol. The number of rotatable bonds is 11. The van der Waals surface area contributed by atoms with Gasteiger partial charge in [0.25, 0.3) is 5.91 Å². The van der Waals surface area contributed by atoms with Crippen molar-refractivity contribution in [1.29, 1.82) is 0 Å². The Kier molecular flexibility index (Phi) is 10.3. The molecule has 0 atom stereocenters. The van der Waals surface area contributed by atoms with Gasteiger partial charge in [0.15, 0.2) is 0 Å². The number of thioether (sulfide) groups is 1. The Morgan fingerprint density at radius 1 is 1.05 bits per heavy atom. The Labute approximate surface area is 268 Å². The third-order valence-corrected chi connectivity index (χ3v) is 8.93. The first-order valence-corrected chi connectivity index (χ1v) is 15.6. The molecule has 2 aliphatic heterocycles. The number of benzene rings is 3. The minimum absolute atomic E-state index is 0.00786. The molecule has 0 aromatic heterocycles. The summed E-state index contributed by atoms with van der Waals surface area (Å²) in [4.78, 5) is 41.1. The lowest BCUT2D eigenvalue weighted by molar-refractivity contribution is -0.122. The molecule has 3 aromatic rings. The van der Waals surface area contributed by atoms with Gasteiger partial charge >= 0.3 is 5.97 Å². The molecule has 5 rings (SSSR count). The number of carbonyl (C=O) groups excluding carboxylic acids is 2. The van der Waals surface area contributed by atoms with Gasteiger partial charge in [0, 0.05) is 30.8 Å². The molecule has 0 saturated carbocycles. The summed E-state index contributed by atoms with van der Waals surface area (Å²) >= 11 is 12.7. The first kappa shape index (κ1) is 31.6. The molecule has 2 amide bonds. The number of ether oxygens (including phenoxy) is 1. The molecule has 0 radical (unpaired) electrons. The Balaban J connectivity index is 1.30. The van der Waals surface area contributed by atoms with Crippen molar-refractivity contribution in [2.75, 3.05) is 38.1 Å². The maximum atomic E-state index is 13.8. The number of anilines is 1. The van der Waals surface area contributed by atoms with Gasteiger partial charge in [-0.25, -0.2) is 9.18 Å². The Bertz CT molecular complexity index is 1630. The van der Waals surface area contributed by atoms with Crippen LogP contribution in [0, 0.1) is 5.82 Å². The fraction of sp³-hybridized carbons (Fsp3) is 0.250. The number of carboxylic acid groups (broad SMARTS) is 1. The van der Waals surface area contributed by atoms with Crippen LogP contribution in [0.3, 0.4) is 0 Å². The molecule has 0 unspecified atom stereocenters. The molecule has 0 aliphatic carbocycles. The van der Waals surface area contributed by atoms with Crippen LogP contribution in [0.4, 0.5) is 10.1 Å². The van der Waals surface area contributed by atoms with Crippen LogP contribution in [0.1, 0.15) is 35.2 Å². The van der Waals surface area contributed by atoms with Crippen LogP contribution in [0.5, 0.6) is 5.75 Å². The summed E-state index contributed by atoms with van der Waals surface area (Å²) in [6, 6.07) is 15.9. The van der Waals surface area contributed by atoms with Crippen molar-refractivity contribution in [1.82, 2.24) is 9.80 Å². The van der Waals surface area contributed by atoms with Gasteiger partial charge in [-0.3, -0.25) is 19.4 Å². The maximum absolute atomic E-state index is 13.8. The number of hydrogen-bond donors (Lipinski definition) is 2. The third-order valence-electron chi connectivity index (χ3n) is 7.26. The van der Waals surface area contributed by atoms with E-state index in [0.29, 0.717) is 38.4 Å². The molecular formula is C32H29ClFN3O5S2. The summed E-state index contributed by atoms with van der Waals surface area (Å²) in [6.07, 6.45) is 4.09. The fourth-order valence-electron chi connectivity index (χ4n) is 4.91. The predicted octanol–water partition coefficient (Wildman–Crippen LogP) is 6.55. The van der Waals surface area contributed by atoms with Gasteiger partial charge in [-0.05, 0) is 91.7 Å². The first-order chi connectivity index (χ1) is 21.2. The van der Waals surface area contributed by atoms with E-state index in [9.17, 15) is 18.8 Å². The smallest absolute Gasteiger partial charge is 0.335 e. The highest BCUT2D eigenvalue weighted by Crippen LogP contribution is 2.36. The van der Waals surface area contributed by atoms with Crippen LogP contribution in [-0.2, 0) is 9.59 Å². The zero-order chi connectivity index (χ0) is 31.2. The highest BCUT2D eigenvalue weighted by Gasteiger charge is 2.32. The number of carbonyl (C=O) groups is 3. The van der Waals surface area contributed by atoms with Crippen LogP contribution in [0.2, 0.25) is 5.02 Å². The number of nitrogens with zero attached hydrogens (tertiary/aromatic N) is 2. The predicted molar refractivity (Wildman–Crippen MR) is 175 cm³/mol. The van der Waals surface area contributed by atoms with E-state index in [1.807, 2.05) is 18.2 Å². The van der Waals surface area contributed by atoms with E-state index >= 15 is 0 Å². The number of nitrogens with one attached hydrogen (secondary N) is 1. The molecule has 2 N–H and O–H groups in total. The van der Waals surface area contributed by atoms with Gasteiger partial charge in [-0.2, -0.15) is 0 Å². The number of carboxylic acids is 1. The molecule has 2 saturated heterocycles. The van der Waals surface area contributed by atoms with Crippen molar-refractivity contribution < 1.29 is 28.6 Å². The SMILES string of the molecule is O=C(CCN1C(=O)C(=Cc2cc(-c3ccc(F)c(Cl)c3)ccc2OCCN2CCCC2)SC1=S)Nc1ccc(C(=O)O)cc1. The zero-order valence-electron chi connectivity index (χ0n) is 23.6. The van der Waals surface area contributed by atoms with Crippen LogP contribution >= 0.6 is 35.6 Å². The minimum Gasteiger partial charge on any atom is -0.492 e. The molecule has 0 spiro atoms. The normalized spacial score (nSPS) is 16.1.